The molecule has 0 aromatic heterocycles. The molecule has 10 nitrogen and oxygen atoms in total. The van der Waals surface area contributed by atoms with Crippen molar-refractivity contribution in [2.45, 2.75) is 57.9 Å². The Morgan fingerprint density at radius 2 is 1.85 bits per heavy atom. The predicted octanol–water partition coefficient (Wildman–Crippen LogP) is 4.50. The number of fused-ring (bicyclic) bond motifs is 1. The van der Waals surface area contributed by atoms with Crippen LogP contribution in [0, 0.1) is 5.92 Å². The molecular formula is C31H42N2O8. The Hall–Kier alpha value is -3.50. The fourth-order valence-electron chi connectivity index (χ4n) is 5.88. The number of carbonyl (C=O) groups is 2. The summed E-state index contributed by atoms with van der Waals surface area (Å²) in [6.45, 7) is 5.48. The van der Waals surface area contributed by atoms with Crippen LogP contribution < -0.4 is 18.9 Å². The number of likely N-dealkylation sites (tertiary alicyclic amines) is 1. The number of carboxylic acids is 1. The molecule has 1 N–H and O–H groups in total. The summed E-state index contributed by atoms with van der Waals surface area (Å²) in [5.74, 6) is 0.202. The number of amides is 1. The Morgan fingerprint density at radius 3 is 2.56 bits per heavy atom. The summed E-state index contributed by atoms with van der Waals surface area (Å²) in [5.41, 5.74) is 1.86. The third-order valence-corrected chi connectivity index (χ3v) is 7.78. The molecule has 3 atom stereocenters. The van der Waals surface area contributed by atoms with Gasteiger partial charge in [-0.05, 0) is 61.4 Å². The average molecular weight is 571 g/mol. The summed E-state index contributed by atoms with van der Waals surface area (Å²) >= 11 is 0. The number of rotatable bonds is 15. The smallest absolute Gasteiger partial charge is 0.308 e. The highest BCUT2D eigenvalue weighted by atomic mass is 16.7. The second kappa shape index (κ2) is 14.4. The van der Waals surface area contributed by atoms with Crippen molar-refractivity contribution in [3.05, 3.63) is 47.5 Å². The van der Waals surface area contributed by atoms with E-state index in [0.717, 1.165) is 42.6 Å². The monoisotopic (exact) mass is 570 g/mol. The maximum absolute atomic E-state index is 13.4. The van der Waals surface area contributed by atoms with Crippen molar-refractivity contribution in [2.75, 3.05) is 47.3 Å². The molecule has 1 amide bonds. The Balaban J connectivity index is 1.62. The van der Waals surface area contributed by atoms with Gasteiger partial charge in [-0.15, -0.1) is 0 Å². The fraction of sp³-hybridized carbons (Fsp3) is 0.548. The Kier molecular flexibility index (Phi) is 10.7. The highest BCUT2D eigenvalue weighted by Crippen LogP contribution is 2.47. The van der Waals surface area contributed by atoms with Crippen molar-refractivity contribution in [2.24, 2.45) is 5.92 Å². The lowest BCUT2D eigenvalue weighted by Gasteiger charge is -2.29. The number of aliphatic carboxylic acids is 1. The van der Waals surface area contributed by atoms with Gasteiger partial charge in [0.1, 0.15) is 5.75 Å². The van der Waals surface area contributed by atoms with Gasteiger partial charge in [0.05, 0.1) is 33.3 Å². The molecule has 2 aromatic carbocycles. The number of hydrogen-bond donors (Lipinski definition) is 1. The van der Waals surface area contributed by atoms with Gasteiger partial charge in [-0.3, -0.25) is 19.3 Å². The van der Waals surface area contributed by atoms with Crippen molar-refractivity contribution in [1.29, 1.82) is 0 Å². The van der Waals surface area contributed by atoms with Crippen LogP contribution in [0.25, 0.3) is 0 Å². The first-order chi connectivity index (χ1) is 19.9. The maximum Gasteiger partial charge on any atom is 0.308 e. The maximum atomic E-state index is 13.4. The minimum atomic E-state index is -0.892. The van der Waals surface area contributed by atoms with Crippen LogP contribution in [0.1, 0.15) is 56.6 Å². The topological polar surface area (TPSA) is 107 Å². The van der Waals surface area contributed by atoms with Crippen LogP contribution in [0.4, 0.5) is 0 Å². The van der Waals surface area contributed by atoms with Crippen molar-refractivity contribution >= 4 is 11.9 Å². The first-order valence-corrected chi connectivity index (χ1v) is 14.4. The van der Waals surface area contributed by atoms with E-state index in [1.54, 1.807) is 14.2 Å². The molecule has 0 bridgehead atoms. The van der Waals surface area contributed by atoms with Gasteiger partial charge in [-0.2, -0.15) is 0 Å². The highest BCUT2D eigenvalue weighted by Gasteiger charge is 2.47. The van der Waals surface area contributed by atoms with Gasteiger partial charge in [-0.25, -0.2) is 5.06 Å². The third kappa shape index (κ3) is 7.05. The molecule has 4 rings (SSSR count). The third-order valence-electron chi connectivity index (χ3n) is 7.78. The molecule has 2 heterocycles. The van der Waals surface area contributed by atoms with Crippen LogP contribution in [0.15, 0.2) is 36.4 Å². The molecule has 224 valence electrons. The summed E-state index contributed by atoms with van der Waals surface area (Å²) in [6.07, 6.45) is 3.62. The van der Waals surface area contributed by atoms with Gasteiger partial charge in [0.15, 0.2) is 11.5 Å². The summed E-state index contributed by atoms with van der Waals surface area (Å²) in [7, 11) is 3.20. The van der Waals surface area contributed by atoms with E-state index in [1.165, 1.54) is 5.06 Å². The van der Waals surface area contributed by atoms with Crippen LogP contribution in [-0.2, 0) is 20.8 Å². The molecule has 2 aliphatic heterocycles. The molecule has 1 saturated heterocycles. The van der Waals surface area contributed by atoms with Crippen LogP contribution in [0.5, 0.6) is 23.0 Å². The number of methoxy groups -OCH3 is 2. The van der Waals surface area contributed by atoms with Gasteiger partial charge in [0.2, 0.25) is 12.5 Å². The summed E-state index contributed by atoms with van der Waals surface area (Å²) in [6, 6.07) is 11.2. The van der Waals surface area contributed by atoms with Gasteiger partial charge < -0.3 is 24.1 Å². The van der Waals surface area contributed by atoms with Crippen molar-refractivity contribution < 1.29 is 38.5 Å². The molecule has 2 aliphatic rings. The largest absolute Gasteiger partial charge is 0.496 e. The zero-order valence-corrected chi connectivity index (χ0v) is 24.5. The number of ether oxygens (including phenoxy) is 4. The summed E-state index contributed by atoms with van der Waals surface area (Å²) in [5, 5.41) is 12.0. The quantitative estimate of drug-likeness (QED) is 0.310. The molecule has 10 heteroatoms. The SMILES string of the molecule is CCCON(CCC)C(=O)CN1C[C@H](c2cc(OC)c3c(c2)OCO3)C(C(=O)O)[C@@H]1CCCc1ccccc1OC. The summed E-state index contributed by atoms with van der Waals surface area (Å²) in [4.78, 5) is 34.1. The molecule has 41 heavy (non-hydrogen) atoms. The number of carbonyl (C=O) groups excluding carboxylic acids is 1. The lowest BCUT2D eigenvalue weighted by atomic mass is 9.83. The van der Waals surface area contributed by atoms with E-state index in [0.29, 0.717) is 43.4 Å². The molecule has 2 aromatic rings. The molecule has 0 radical (unpaired) electrons. The Bertz CT molecular complexity index is 1190. The molecule has 0 saturated carbocycles. The first-order valence-electron chi connectivity index (χ1n) is 14.4. The number of para-hydroxylation sites is 1. The standard InChI is InChI=1S/C31H42N2O8/c1-5-14-33(41-15-6-2)28(34)19-32-18-23(22-16-26(38-4)30-27(17-22)39-20-40-30)29(31(35)36)24(32)12-9-11-21-10-7-8-13-25(21)37-3/h7-8,10,13,16-17,23-24,29H,5-6,9,11-12,14-15,18-20H2,1-4H3,(H,35,36)/t23-,24+,29?/m1/s1. The van der Waals surface area contributed by atoms with Crippen LogP contribution in [0.2, 0.25) is 0 Å². The molecule has 1 fully saturated rings. The minimum absolute atomic E-state index is 0.0744. The van der Waals surface area contributed by atoms with E-state index in [1.807, 2.05) is 55.1 Å². The number of benzene rings is 2. The second-order valence-electron chi connectivity index (χ2n) is 10.5. The molecular weight excluding hydrogens is 528 g/mol. The number of hydroxylamine groups is 2. The van der Waals surface area contributed by atoms with Crippen molar-refractivity contribution in [1.82, 2.24) is 9.96 Å². The fourth-order valence-corrected chi connectivity index (χ4v) is 5.88. The molecule has 0 spiro atoms. The first kappa shape index (κ1) is 30.5. The van der Waals surface area contributed by atoms with E-state index >= 15 is 0 Å². The normalized spacial score (nSPS) is 19.8. The lowest BCUT2D eigenvalue weighted by molar-refractivity contribution is -0.188. The van der Waals surface area contributed by atoms with E-state index in [9.17, 15) is 14.7 Å². The number of carboxylic acid groups (broad SMARTS) is 1. The lowest BCUT2D eigenvalue weighted by Crippen LogP contribution is -2.44. The van der Waals surface area contributed by atoms with Gasteiger partial charge in [-0.1, -0.05) is 32.0 Å². The van der Waals surface area contributed by atoms with E-state index in [4.69, 9.17) is 23.8 Å². The highest BCUT2D eigenvalue weighted by molar-refractivity contribution is 5.78. The van der Waals surface area contributed by atoms with Gasteiger partial charge >= 0.3 is 5.97 Å². The van der Waals surface area contributed by atoms with Crippen LogP contribution >= 0.6 is 0 Å². The van der Waals surface area contributed by atoms with Crippen LogP contribution in [-0.4, -0.2) is 80.2 Å². The predicted molar refractivity (Wildman–Crippen MR) is 153 cm³/mol. The molecule has 1 unspecified atom stereocenters. The van der Waals surface area contributed by atoms with Gasteiger partial charge in [0, 0.05) is 25.0 Å². The van der Waals surface area contributed by atoms with E-state index in [-0.39, 0.29) is 31.2 Å². The van der Waals surface area contributed by atoms with Crippen molar-refractivity contribution in [3.8, 4) is 23.0 Å². The zero-order chi connectivity index (χ0) is 29.4. The molecule has 0 aliphatic carbocycles. The number of nitrogens with zero attached hydrogens (tertiary/aromatic N) is 2. The average Bonchev–Trinajstić information content (AvgIpc) is 3.60. The zero-order valence-electron chi connectivity index (χ0n) is 24.5. The van der Waals surface area contributed by atoms with Gasteiger partial charge in [0.25, 0.3) is 5.91 Å². The number of hydrogen-bond acceptors (Lipinski definition) is 8. The Labute approximate surface area is 242 Å². The Morgan fingerprint density at radius 1 is 1.07 bits per heavy atom. The van der Waals surface area contributed by atoms with Crippen molar-refractivity contribution in [3.63, 3.8) is 0 Å². The van der Waals surface area contributed by atoms with E-state index < -0.39 is 11.9 Å². The minimum Gasteiger partial charge on any atom is -0.496 e. The summed E-state index contributed by atoms with van der Waals surface area (Å²) < 4.78 is 22.2. The van der Waals surface area contributed by atoms with E-state index in [2.05, 4.69) is 0 Å². The second-order valence-corrected chi connectivity index (χ2v) is 10.5. The number of aryl methyl sites for hydroxylation is 1. The van der Waals surface area contributed by atoms with Crippen LogP contribution in [0.3, 0.4) is 0 Å².